The highest BCUT2D eigenvalue weighted by molar-refractivity contribution is 7.92. The molecule has 1 aromatic carbocycles. The van der Waals surface area contributed by atoms with Crippen molar-refractivity contribution in [3.05, 3.63) is 30.0 Å². The number of anilines is 1. The molecule has 2 aromatic rings. The molecule has 0 bridgehead atoms. The Bertz CT molecular complexity index is 767. The lowest BCUT2D eigenvalue weighted by Crippen LogP contribution is -2.25. The maximum Gasteiger partial charge on any atom is 0.235 e. The van der Waals surface area contributed by atoms with Gasteiger partial charge in [0.2, 0.25) is 10.0 Å². The number of H-pyrrole nitrogens is 1. The van der Waals surface area contributed by atoms with Crippen LogP contribution in [0.15, 0.2) is 18.3 Å². The molecule has 1 aliphatic heterocycles. The van der Waals surface area contributed by atoms with Crippen LogP contribution in [0.4, 0.5) is 14.5 Å². The molecule has 1 unspecified atom stereocenters. The predicted molar refractivity (Wildman–Crippen MR) is 74.6 cm³/mol. The SMILES string of the molecule is O=S(=O)(CC1CCCO1)Nc1c[nH]c2cc(F)c(F)cc12. The fourth-order valence-electron chi connectivity index (χ4n) is 2.43. The molecule has 2 N–H and O–H groups in total. The van der Waals surface area contributed by atoms with Gasteiger partial charge < -0.3 is 9.72 Å². The molecule has 8 heteroatoms. The third kappa shape index (κ3) is 3.01. The minimum absolute atomic E-state index is 0.149. The quantitative estimate of drug-likeness (QED) is 0.909. The van der Waals surface area contributed by atoms with Crippen LogP contribution in [0, 0.1) is 11.6 Å². The van der Waals surface area contributed by atoms with Gasteiger partial charge in [-0.3, -0.25) is 4.72 Å². The minimum atomic E-state index is -3.61. The van der Waals surface area contributed by atoms with Crippen molar-refractivity contribution in [2.24, 2.45) is 0 Å². The summed E-state index contributed by atoms with van der Waals surface area (Å²) in [6, 6.07) is 1.95. The first kappa shape index (κ1) is 14.3. The van der Waals surface area contributed by atoms with Gasteiger partial charge in [-0.25, -0.2) is 17.2 Å². The molecule has 0 amide bonds. The summed E-state index contributed by atoms with van der Waals surface area (Å²) < 4.78 is 58.2. The van der Waals surface area contributed by atoms with Crippen LogP contribution in [0.2, 0.25) is 0 Å². The van der Waals surface area contributed by atoms with Crippen molar-refractivity contribution in [3.63, 3.8) is 0 Å². The van der Waals surface area contributed by atoms with E-state index in [1.165, 1.54) is 6.20 Å². The monoisotopic (exact) mass is 316 g/mol. The molecule has 114 valence electrons. The van der Waals surface area contributed by atoms with E-state index in [0.717, 1.165) is 18.6 Å². The highest BCUT2D eigenvalue weighted by Gasteiger charge is 2.24. The van der Waals surface area contributed by atoms with Crippen LogP contribution in [0.5, 0.6) is 0 Å². The summed E-state index contributed by atoms with van der Waals surface area (Å²) in [5.74, 6) is -2.16. The van der Waals surface area contributed by atoms with E-state index in [-0.39, 0.29) is 22.9 Å². The first-order valence-electron chi connectivity index (χ1n) is 6.53. The smallest absolute Gasteiger partial charge is 0.235 e. The van der Waals surface area contributed by atoms with E-state index in [0.29, 0.717) is 18.5 Å². The zero-order valence-electron chi connectivity index (χ0n) is 11.0. The third-order valence-electron chi connectivity index (χ3n) is 3.42. The highest BCUT2D eigenvalue weighted by Crippen LogP contribution is 2.26. The van der Waals surface area contributed by atoms with Gasteiger partial charge in [0.1, 0.15) is 0 Å². The van der Waals surface area contributed by atoms with E-state index >= 15 is 0 Å². The summed E-state index contributed by atoms with van der Waals surface area (Å²) in [4.78, 5) is 2.71. The lowest BCUT2D eigenvalue weighted by atomic mass is 10.2. The molecular formula is C13H14F2N2O3S. The fourth-order valence-corrected chi connectivity index (χ4v) is 3.77. The van der Waals surface area contributed by atoms with Crippen LogP contribution in [-0.2, 0) is 14.8 Å². The molecule has 0 aliphatic carbocycles. The van der Waals surface area contributed by atoms with Crippen LogP contribution in [0.25, 0.3) is 10.9 Å². The van der Waals surface area contributed by atoms with Crippen molar-refractivity contribution in [1.29, 1.82) is 0 Å². The lowest BCUT2D eigenvalue weighted by Gasteiger charge is -2.11. The zero-order valence-corrected chi connectivity index (χ0v) is 11.8. The molecule has 3 rings (SSSR count). The van der Waals surface area contributed by atoms with Crippen molar-refractivity contribution < 1.29 is 21.9 Å². The number of hydrogen-bond acceptors (Lipinski definition) is 3. The molecule has 2 heterocycles. The number of nitrogens with one attached hydrogen (secondary N) is 2. The Labute approximate surface area is 120 Å². The number of aromatic nitrogens is 1. The second-order valence-corrected chi connectivity index (χ2v) is 6.80. The fraction of sp³-hybridized carbons (Fsp3) is 0.385. The number of sulfonamides is 1. The Morgan fingerprint density at radius 2 is 2.10 bits per heavy atom. The molecule has 0 spiro atoms. The second kappa shape index (κ2) is 5.27. The van der Waals surface area contributed by atoms with Gasteiger partial charge in [0.05, 0.1) is 23.1 Å². The molecule has 1 aliphatic rings. The van der Waals surface area contributed by atoms with Crippen LogP contribution in [0.3, 0.4) is 0 Å². The van der Waals surface area contributed by atoms with Gasteiger partial charge in [0, 0.05) is 24.3 Å². The standard InChI is InChI=1S/C13H14F2N2O3S/c14-10-4-9-12(5-11(10)15)16-6-13(9)17-21(18,19)7-8-2-1-3-20-8/h4-6,8,16-17H,1-3,7H2. The Morgan fingerprint density at radius 1 is 1.33 bits per heavy atom. The van der Waals surface area contributed by atoms with E-state index in [4.69, 9.17) is 4.74 Å². The van der Waals surface area contributed by atoms with Crippen molar-refractivity contribution in [3.8, 4) is 0 Å². The highest BCUT2D eigenvalue weighted by atomic mass is 32.2. The van der Waals surface area contributed by atoms with Crippen molar-refractivity contribution in [1.82, 2.24) is 4.98 Å². The number of ether oxygens (including phenoxy) is 1. The maximum absolute atomic E-state index is 13.3. The summed E-state index contributed by atoms with van der Waals surface area (Å²) in [6.07, 6.45) is 2.60. The Kier molecular flexibility index (Phi) is 3.58. The van der Waals surface area contributed by atoms with Crippen molar-refractivity contribution in [2.75, 3.05) is 17.1 Å². The van der Waals surface area contributed by atoms with Gasteiger partial charge >= 0.3 is 0 Å². The molecule has 5 nitrogen and oxygen atoms in total. The molecule has 1 aromatic heterocycles. The van der Waals surface area contributed by atoms with Gasteiger partial charge in [-0.05, 0) is 18.9 Å². The number of benzene rings is 1. The molecule has 1 saturated heterocycles. The van der Waals surface area contributed by atoms with E-state index in [2.05, 4.69) is 9.71 Å². The average molecular weight is 316 g/mol. The van der Waals surface area contributed by atoms with Crippen LogP contribution in [-0.4, -0.2) is 31.9 Å². The molecule has 0 saturated carbocycles. The number of hydrogen-bond donors (Lipinski definition) is 2. The maximum atomic E-state index is 13.3. The first-order valence-corrected chi connectivity index (χ1v) is 8.18. The molecule has 0 radical (unpaired) electrons. The summed E-state index contributed by atoms with van der Waals surface area (Å²) in [7, 11) is -3.61. The van der Waals surface area contributed by atoms with Crippen LogP contribution >= 0.6 is 0 Å². The normalized spacial score (nSPS) is 19.2. The van der Waals surface area contributed by atoms with E-state index < -0.39 is 21.7 Å². The van der Waals surface area contributed by atoms with Crippen molar-refractivity contribution >= 4 is 26.6 Å². The number of aromatic amines is 1. The Morgan fingerprint density at radius 3 is 2.81 bits per heavy atom. The largest absolute Gasteiger partial charge is 0.377 e. The Balaban J connectivity index is 1.85. The average Bonchev–Trinajstić information content (AvgIpc) is 3.01. The van der Waals surface area contributed by atoms with E-state index in [9.17, 15) is 17.2 Å². The summed E-state index contributed by atoms with van der Waals surface area (Å²) in [5.41, 5.74) is 0.519. The van der Waals surface area contributed by atoms with Gasteiger partial charge in [0.15, 0.2) is 11.6 Å². The van der Waals surface area contributed by atoms with Crippen molar-refractivity contribution in [2.45, 2.75) is 18.9 Å². The summed E-state index contributed by atoms with van der Waals surface area (Å²) >= 11 is 0. The van der Waals surface area contributed by atoms with Gasteiger partial charge in [-0.2, -0.15) is 0 Å². The van der Waals surface area contributed by atoms with E-state index in [1.54, 1.807) is 0 Å². The van der Waals surface area contributed by atoms with Crippen LogP contribution in [0.1, 0.15) is 12.8 Å². The molecule has 1 fully saturated rings. The number of fused-ring (bicyclic) bond motifs is 1. The van der Waals surface area contributed by atoms with Gasteiger partial charge in [0.25, 0.3) is 0 Å². The third-order valence-corrected chi connectivity index (χ3v) is 4.76. The number of rotatable bonds is 4. The predicted octanol–water partition coefficient (Wildman–Crippen LogP) is 2.37. The minimum Gasteiger partial charge on any atom is -0.377 e. The first-order chi connectivity index (χ1) is 9.94. The van der Waals surface area contributed by atoms with Crippen LogP contribution < -0.4 is 4.72 Å². The Hall–Kier alpha value is -1.67. The lowest BCUT2D eigenvalue weighted by molar-refractivity contribution is 0.127. The zero-order chi connectivity index (χ0) is 15.0. The van der Waals surface area contributed by atoms with E-state index in [1.807, 2.05) is 0 Å². The topological polar surface area (TPSA) is 71.2 Å². The second-order valence-electron chi connectivity index (χ2n) is 5.03. The molecule has 21 heavy (non-hydrogen) atoms. The molecular weight excluding hydrogens is 302 g/mol. The summed E-state index contributed by atoms with van der Waals surface area (Å²) in [5, 5.41) is 0.282. The van der Waals surface area contributed by atoms with Gasteiger partial charge in [-0.1, -0.05) is 0 Å². The number of halogens is 2. The molecule has 1 atom stereocenters. The summed E-state index contributed by atoms with van der Waals surface area (Å²) in [6.45, 7) is 0.567. The van der Waals surface area contributed by atoms with Gasteiger partial charge in [-0.15, -0.1) is 0 Å².